The third-order valence-electron chi connectivity index (χ3n) is 3.20. The number of nitrogens with one attached hydrogen (secondary N) is 1. The minimum atomic E-state index is 0.417. The Balaban J connectivity index is 2.59. The highest BCUT2D eigenvalue weighted by Gasteiger charge is 2.12. The van der Waals surface area contributed by atoms with E-state index in [9.17, 15) is 0 Å². The molecule has 0 spiro atoms. The highest BCUT2D eigenvalue weighted by molar-refractivity contribution is 5.30. The molecule has 17 heavy (non-hydrogen) atoms. The molecule has 2 heteroatoms. The second-order valence-electron chi connectivity index (χ2n) is 5.12. The summed E-state index contributed by atoms with van der Waals surface area (Å²) in [7, 11) is 1.76. The van der Waals surface area contributed by atoms with Crippen LogP contribution in [0.4, 0.5) is 0 Å². The van der Waals surface area contributed by atoms with Crippen molar-refractivity contribution in [3.8, 4) is 0 Å². The van der Waals surface area contributed by atoms with Crippen molar-refractivity contribution in [3.05, 3.63) is 34.9 Å². The van der Waals surface area contributed by atoms with Crippen LogP contribution in [0.2, 0.25) is 0 Å². The van der Waals surface area contributed by atoms with Crippen molar-refractivity contribution >= 4 is 0 Å². The van der Waals surface area contributed by atoms with Gasteiger partial charge in [-0.1, -0.05) is 37.6 Å². The Labute approximate surface area is 105 Å². The SMILES string of the molecule is COCC(NCc1ccc(C)cc1C)C(C)C. The predicted molar refractivity (Wildman–Crippen MR) is 73.3 cm³/mol. The Morgan fingerprint density at radius 1 is 1.24 bits per heavy atom. The number of benzene rings is 1. The van der Waals surface area contributed by atoms with Crippen LogP contribution in [0.1, 0.15) is 30.5 Å². The van der Waals surface area contributed by atoms with Crippen molar-refractivity contribution in [1.82, 2.24) is 5.32 Å². The van der Waals surface area contributed by atoms with E-state index in [4.69, 9.17) is 4.74 Å². The molecule has 0 aliphatic heterocycles. The maximum Gasteiger partial charge on any atom is 0.0618 e. The lowest BCUT2D eigenvalue weighted by molar-refractivity contribution is 0.146. The van der Waals surface area contributed by atoms with Gasteiger partial charge < -0.3 is 10.1 Å². The van der Waals surface area contributed by atoms with Gasteiger partial charge in [-0.25, -0.2) is 0 Å². The molecule has 0 radical (unpaired) electrons. The zero-order valence-corrected chi connectivity index (χ0v) is 11.7. The van der Waals surface area contributed by atoms with Gasteiger partial charge in [-0.2, -0.15) is 0 Å². The molecule has 0 aromatic heterocycles. The molecule has 0 saturated heterocycles. The lowest BCUT2D eigenvalue weighted by atomic mass is 10.0. The third-order valence-corrected chi connectivity index (χ3v) is 3.20. The van der Waals surface area contributed by atoms with E-state index in [1.165, 1.54) is 16.7 Å². The maximum absolute atomic E-state index is 5.24. The Kier molecular flexibility index (Phi) is 5.66. The van der Waals surface area contributed by atoms with E-state index in [0.29, 0.717) is 12.0 Å². The average Bonchev–Trinajstić information content (AvgIpc) is 2.25. The maximum atomic E-state index is 5.24. The smallest absolute Gasteiger partial charge is 0.0618 e. The van der Waals surface area contributed by atoms with Crippen LogP contribution in [-0.2, 0) is 11.3 Å². The molecule has 0 fully saturated rings. The molecular weight excluding hydrogens is 210 g/mol. The van der Waals surface area contributed by atoms with Gasteiger partial charge in [0, 0.05) is 19.7 Å². The van der Waals surface area contributed by atoms with Gasteiger partial charge in [-0.15, -0.1) is 0 Å². The van der Waals surface area contributed by atoms with Crippen molar-refractivity contribution < 1.29 is 4.74 Å². The van der Waals surface area contributed by atoms with Gasteiger partial charge in [0.2, 0.25) is 0 Å². The first-order chi connectivity index (χ1) is 8.04. The fourth-order valence-corrected chi connectivity index (χ4v) is 1.95. The highest BCUT2D eigenvalue weighted by Crippen LogP contribution is 2.11. The first kappa shape index (κ1) is 14.2. The van der Waals surface area contributed by atoms with Crippen LogP contribution in [0.3, 0.4) is 0 Å². The van der Waals surface area contributed by atoms with Gasteiger partial charge in [-0.05, 0) is 30.9 Å². The molecule has 0 bridgehead atoms. The second-order valence-corrected chi connectivity index (χ2v) is 5.12. The molecule has 0 heterocycles. The highest BCUT2D eigenvalue weighted by atomic mass is 16.5. The normalized spacial score (nSPS) is 13.1. The van der Waals surface area contributed by atoms with E-state index in [1.54, 1.807) is 7.11 Å². The molecule has 1 aromatic rings. The van der Waals surface area contributed by atoms with Crippen molar-refractivity contribution in [2.24, 2.45) is 5.92 Å². The summed E-state index contributed by atoms with van der Waals surface area (Å²) in [6, 6.07) is 7.03. The molecule has 0 amide bonds. The standard InChI is InChI=1S/C15H25NO/c1-11(2)15(10-17-5)16-9-14-7-6-12(3)8-13(14)4/h6-8,11,15-16H,9-10H2,1-5H3. The van der Waals surface area contributed by atoms with Crippen molar-refractivity contribution in [3.63, 3.8) is 0 Å². The van der Waals surface area contributed by atoms with Crippen molar-refractivity contribution in [2.45, 2.75) is 40.3 Å². The van der Waals surface area contributed by atoms with Crippen LogP contribution in [0.15, 0.2) is 18.2 Å². The zero-order valence-electron chi connectivity index (χ0n) is 11.7. The average molecular weight is 235 g/mol. The Morgan fingerprint density at radius 2 is 1.94 bits per heavy atom. The number of hydrogen-bond acceptors (Lipinski definition) is 2. The third kappa shape index (κ3) is 4.49. The lowest BCUT2D eigenvalue weighted by Crippen LogP contribution is -2.37. The lowest BCUT2D eigenvalue weighted by Gasteiger charge is -2.22. The quantitative estimate of drug-likeness (QED) is 0.818. The summed E-state index contributed by atoms with van der Waals surface area (Å²) in [5, 5.41) is 3.57. The van der Waals surface area contributed by atoms with Gasteiger partial charge in [0.05, 0.1) is 6.61 Å². The van der Waals surface area contributed by atoms with Gasteiger partial charge in [0.1, 0.15) is 0 Å². The van der Waals surface area contributed by atoms with Gasteiger partial charge >= 0.3 is 0 Å². The molecule has 0 saturated carbocycles. The van der Waals surface area contributed by atoms with Crippen LogP contribution in [0.5, 0.6) is 0 Å². The Morgan fingerprint density at radius 3 is 2.47 bits per heavy atom. The zero-order chi connectivity index (χ0) is 12.8. The fourth-order valence-electron chi connectivity index (χ4n) is 1.95. The summed E-state index contributed by atoms with van der Waals surface area (Å²) in [6.45, 7) is 10.4. The molecule has 1 aromatic carbocycles. The molecule has 2 nitrogen and oxygen atoms in total. The van der Waals surface area contributed by atoms with Crippen molar-refractivity contribution in [1.29, 1.82) is 0 Å². The number of rotatable bonds is 6. The van der Waals surface area contributed by atoms with Crippen LogP contribution >= 0.6 is 0 Å². The first-order valence-corrected chi connectivity index (χ1v) is 6.33. The minimum absolute atomic E-state index is 0.417. The molecule has 1 rings (SSSR count). The van der Waals surface area contributed by atoms with Gasteiger partial charge in [0.25, 0.3) is 0 Å². The van der Waals surface area contributed by atoms with E-state index in [-0.39, 0.29) is 0 Å². The summed E-state index contributed by atoms with van der Waals surface area (Å²) in [6.07, 6.45) is 0. The van der Waals surface area contributed by atoms with E-state index in [0.717, 1.165) is 13.2 Å². The monoisotopic (exact) mass is 235 g/mol. The molecule has 0 aliphatic rings. The van der Waals surface area contributed by atoms with E-state index < -0.39 is 0 Å². The second kappa shape index (κ2) is 6.77. The number of aryl methyl sites for hydroxylation is 2. The molecule has 0 aliphatic carbocycles. The fraction of sp³-hybridized carbons (Fsp3) is 0.600. The van der Waals surface area contributed by atoms with E-state index in [2.05, 4.69) is 51.2 Å². The van der Waals surface area contributed by atoms with Crippen LogP contribution in [0, 0.1) is 19.8 Å². The van der Waals surface area contributed by atoms with Gasteiger partial charge in [0.15, 0.2) is 0 Å². The Bertz CT molecular complexity index is 347. The summed E-state index contributed by atoms with van der Waals surface area (Å²) in [5.74, 6) is 0.584. The predicted octanol–water partition coefficient (Wildman–Crippen LogP) is 3.06. The number of ether oxygens (including phenoxy) is 1. The van der Waals surface area contributed by atoms with Crippen molar-refractivity contribution in [2.75, 3.05) is 13.7 Å². The molecule has 1 unspecified atom stereocenters. The summed E-state index contributed by atoms with van der Waals surface area (Å²) in [4.78, 5) is 0. The van der Waals surface area contributed by atoms with Gasteiger partial charge in [-0.3, -0.25) is 0 Å². The molecule has 96 valence electrons. The van der Waals surface area contributed by atoms with Crippen LogP contribution < -0.4 is 5.32 Å². The first-order valence-electron chi connectivity index (χ1n) is 6.33. The minimum Gasteiger partial charge on any atom is -0.383 e. The van der Waals surface area contributed by atoms with E-state index in [1.807, 2.05) is 0 Å². The summed E-state index contributed by atoms with van der Waals surface area (Å²) < 4.78 is 5.24. The summed E-state index contributed by atoms with van der Waals surface area (Å²) >= 11 is 0. The molecule has 1 N–H and O–H groups in total. The number of hydrogen-bond donors (Lipinski definition) is 1. The largest absolute Gasteiger partial charge is 0.383 e. The molecular formula is C15H25NO. The Hall–Kier alpha value is -0.860. The van der Waals surface area contributed by atoms with E-state index >= 15 is 0 Å². The van der Waals surface area contributed by atoms with Crippen LogP contribution in [-0.4, -0.2) is 19.8 Å². The molecule has 1 atom stereocenters. The number of methoxy groups -OCH3 is 1. The topological polar surface area (TPSA) is 21.3 Å². The van der Waals surface area contributed by atoms with Crippen LogP contribution in [0.25, 0.3) is 0 Å². The summed E-state index contributed by atoms with van der Waals surface area (Å²) in [5.41, 5.74) is 4.05.